The topological polar surface area (TPSA) is 101 Å². The van der Waals surface area contributed by atoms with Crippen molar-refractivity contribution in [2.24, 2.45) is 16.9 Å². The molecule has 5 N–H and O–H groups in total. The maximum Gasteiger partial charge on any atom is 0.312 e. The molecule has 0 bridgehead atoms. The number of carbonyl (C=O) groups is 2. The van der Waals surface area contributed by atoms with Crippen LogP contribution in [0.25, 0.3) is 0 Å². The van der Waals surface area contributed by atoms with Crippen LogP contribution in [0.2, 0.25) is 0 Å². The lowest BCUT2D eigenvalue weighted by atomic mass is 9.90. The Hall–Kier alpha value is -2.08. The molecule has 23 heavy (non-hydrogen) atoms. The van der Waals surface area contributed by atoms with Gasteiger partial charge >= 0.3 is 6.03 Å². The number of nitrogens with two attached hydrogens (primary N) is 2. The number of aryl methyl sites for hydroxylation is 1. The lowest BCUT2D eigenvalue weighted by Crippen LogP contribution is -2.39. The van der Waals surface area contributed by atoms with Crippen LogP contribution in [0.3, 0.4) is 0 Å². The standard InChI is InChI=1S/C17H26N4O2/c1-12-4-3-5-13(8-12)14(20-16(19)23)9-15(22)21-7-6-17(2,10-18)11-21/h3-5,8,14H,6-7,9-11,18H2,1-2H3,(H3,19,20,23). The second kappa shape index (κ2) is 7.00. The van der Waals surface area contributed by atoms with E-state index in [0.717, 1.165) is 17.5 Å². The van der Waals surface area contributed by atoms with E-state index in [1.807, 2.05) is 36.1 Å². The maximum absolute atomic E-state index is 12.6. The van der Waals surface area contributed by atoms with E-state index in [1.54, 1.807) is 0 Å². The van der Waals surface area contributed by atoms with Gasteiger partial charge in [-0.05, 0) is 30.9 Å². The van der Waals surface area contributed by atoms with Crippen LogP contribution in [0.15, 0.2) is 24.3 Å². The molecule has 2 rings (SSSR count). The molecular weight excluding hydrogens is 292 g/mol. The summed E-state index contributed by atoms with van der Waals surface area (Å²) < 4.78 is 0. The molecule has 2 unspecified atom stereocenters. The van der Waals surface area contributed by atoms with Crippen molar-refractivity contribution >= 4 is 11.9 Å². The van der Waals surface area contributed by atoms with Gasteiger partial charge < -0.3 is 21.7 Å². The summed E-state index contributed by atoms with van der Waals surface area (Å²) in [6.45, 7) is 6.01. The minimum absolute atomic E-state index is 0.00833. The summed E-state index contributed by atoms with van der Waals surface area (Å²) in [5.41, 5.74) is 13.0. The maximum atomic E-state index is 12.6. The van der Waals surface area contributed by atoms with Crippen LogP contribution in [0.4, 0.5) is 4.79 Å². The van der Waals surface area contributed by atoms with Crippen LogP contribution in [-0.4, -0.2) is 36.5 Å². The highest BCUT2D eigenvalue weighted by molar-refractivity contribution is 5.79. The largest absolute Gasteiger partial charge is 0.352 e. The molecule has 0 saturated carbocycles. The number of hydrogen-bond acceptors (Lipinski definition) is 3. The van der Waals surface area contributed by atoms with E-state index in [1.165, 1.54) is 0 Å². The number of nitrogens with one attached hydrogen (secondary N) is 1. The molecule has 126 valence electrons. The molecule has 1 fully saturated rings. The molecule has 1 saturated heterocycles. The fourth-order valence-corrected chi connectivity index (χ4v) is 3.02. The molecular formula is C17H26N4O2. The van der Waals surface area contributed by atoms with Crippen molar-refractivity contribution in [1.82, 2.24) is 10.2 Å². The molecule has 1 aromatic carbocycles. The van der Waals surface area contributed by atoms with Gasteiger partial charge in [0.1, 0.15) is 0 Å². The number of urea groups is 1. The SMILES string of the molecule is Cc1cccc(C(CC(=O)N2CCC(C)(CN)C2)NC(N)=O)c1. The molecule has 6 heteroatoms. The number of likely N-dealkylation sites (tertiary alicyclic amines) is 1. The van der Waals surface area contributed by atoms with Crippen molar-refractivity contribution in [3.63, 3.8) is 0 Å². The highest BCUT2D eigenvalue weighted by Gasteiger charge is 2.35. The molecule has 1 aromatic rings. The number of rotatable bonds is 5. The van der Waals surface area contributed by atoms with Crippen molar-refractivity contribution in [2.45, 2.75) is 32.7 Å². The minimum Gasteiger partial charge on any atom is -0.352 e. The highest BCUT2D eigenvalue weighted by Crippen LogP contribution is 2.30. The predicted molar refractivity (Wildman–Crippen MR) is 89.6 cm³/mol. The molecule has 6 nitrogen and oxygen atoms in total. The van der Waals surface area contributed by atoms with E-state index in [9.17, 15) is 9.59 Å². The Morgan fingerprint density at radius 3 is 2.74 bits per heavy atom. The molecule has 0 spiro atoms. The number of hydrogen-bond donors (Lipinski definition) is 3. The Morgan fingerprint density at radius 2 is 2.17 bits per heavy atom. The van der Waals surface area contributed by atoms with Gasteiger partial charge in [-0.25, -0.2) is 4.79 Å². The zero-order valence-electron chi connectivity index (χ0n) is 13.8. The Labute approximate surface area is 137 Å². The second-order valence-corrected chi connectivity index (χ2v) is 6.76. The quantitative estimate of drug-likeness (QED) is 0.762. The molecule has 1 aliphatic heterocycles. The number of primary amides is 1. The zero-order chi connectivity index (χ0) is 17.0. The van der Waals surface area contributed by atoms with Crippen LogP contribution < -0.4 is 16.8 Å². The average Bonchev–Trinajstić information content (AvgIpc) is 2.89. The van der Waals surface area contributed by atoms with Crippen molar-refractivity contribution in [1.29, 1.82) is 0 Å². The fourth-order valence-electron chi connectivity index (χ4n) is 3.02. The summed E-state index contributed by atoms with van der Waals surface area (Å²) >= 11 is 0. The van der Waals surface area contributed by atoms with E-state index >= 15 is 0 Å². The van der Waals surface area contributed by atoms with Crippen molar-refractivity contribution in [2.75, 3.05) is 19.6 Å². The number of benzene rings is 1. The number of carbonyl (C=O) groups excluding carboxylic acids is 2. The Morgan fingerprint density at radius 1 is 1.43 bits per heavy atom. The van der Waals surface area contributed by atoms with Crippen molar-refractivity contribution in [3.8, 4) is 0 Å². The van der Waals surface area contributed by atoms with Gasteiger partial charge in [0.15, 0.2) is 0 Å². The third kappa shape index (κ3) is 4.45. The summed E-state index contributed by atoms with van der Waals surface area (Å²) in [5, 5.41) is 2.68. The fraction of sp³-hybridized carbons (Fsp3) is 0.529. The third-order valence-corrected chi connectivity index (χ3v) is 4.54. The van der Waals surface area contributed by atoms with E-state index in [-0.39, 0.29) is 17.7 Å². The predicted octanol–water partition coefficient (Wildman–Crippen LogP) is 1.29. The smallest absolute Gasteiger partial charge is 0.312 e. The minimum atomic E-state index is -0.627. The van der Waals surface area contributed by atoms with E-state index in [4.69, 9.17) is 11.5 Å². The van der Waals surface area contributed by atoms with Gasteiger partial charge in [-0.3, -0.25) is 4.79 Å². The monoisotopic (exact) mass is 318 g/mol. The van der Waals surface area contributed by atoms with Crippen LogP contribution in [-0.2, 0) is 4.79 Å². The number of amides is 3. The van der Waals surface area contributed by atoms with Gasteiger partial charge in [0.25, 0.3) is 0 Å². The molecule has 1 aliphatic rings. The second-order valence-electron chi connectivity index (χ2n) is 6.76. The highest BCUT2D eigenvalue weighted by atomic mass is 16.2. The number of nitrogens with zero attached hydrogens (tertiary/aromatic N) is 1. The molecule has 0 radical (unpaired) electrons. The van der Waals surface area contributed by atoms with Gasteiger partial charge in [-0.2, -0.15) is 0 Å². The first kappa shape index (κ1) is 17.3. The summed E-state index contributed by atoms with van der Waals surface area (Å²) in [6.07, 6.45) is 1.11. The van der Waals surface area contributed by atoms with Gasteiger partial charge in [0.2, 0.25) is 5.91 Å². The molecule has 0 aromatic heterocycles. The average molecular weight is 318 g/mol. The normalized spacial score (nSPS) is 22.0. The first-order valence-corrected chi connectivity index (χ1v) is 7.93. The zero-order valence-corrected chi connectivity index (χ0v) is 13.8. The summed E-state index contributed by atoms with van der Waals surface area (Å²) in [4.78, 5) is 25.7. The van der Waals surface area contributed by atoms with Gasteiger partial charge in [0.05, 0.1) is 12.5 Å². The summed E-state index contributed by atoms with van der Waals surface area (Å²) in [5.74, 6) is 0.0161. The van der Waals surface area contributed by atoms with E-state index in [2.05, 4.69) is 12.2 Å². The van der Waals surface area contributed by atoms with E-state index < -0.39 is 12.1 Å². The first-order valence-electron chi connectivity index (χ1n) is 7.93. The Kier molecular flexibility index (Phi) is 5.26. The molecule has 1 heterocycles. The lowest BCUT2D eigenvalue weighted by Gasteiger charge is -2.25. The lowest BCUT2D eigenvalue weighted by molar-refractivity contribution is -0.131. The molecule has 3 amide bonds. The van der Waals surface area contributed by atoms with Crippen LogP contribution in [0.1, 0.15) is 36.9 Å². The van der Waals surface area contributed by atoms with Gasteiger partial charge in [-0.1, -0.05) is 36.8 Å². The van der Waals surface area contributed by atoms with Gasteiger partial charge in [0, 0.05) is 13.1 Å². The van der Waals surface area contributed by atoms with E-state index in [0.29, 0.717) is 19.6 Å². The van der Waals surface area contributed by atoms with Crippen molar-refractivity contribution < 1.29 is 9.59 Å². The van der Waals surface area contributed by atoms with Gasteiger partial charge in [-0.15, -0.1) is 0 Å². The first-order chi connectivity index (χ1) is 10.8. The summed E-state index contributed by atoms with van der Waals surface area (Å²) in [7, 11) is 0. The Balaban J connectivity index is 2.09. The van der Waals surface area contributed by atoms with Crippen LogP contribution in [0.5, 0.6) is 0 Å². The summed E-state index contributed by atoms with van der Waals surface area (Å²) in [6, 6.07) is 6.70. The van der Waals surface area contributed by atoms with Crippen molar-refractivity contribution in [3.05, 3.63) is 35.4 Å². The molecule has 2 atom stereocenters. The molecule has 0 aliphatic carbocycles. The Bertz CT molecular complexity index is 590. The van der Waals surface area contributed by atoms with Crippen LogP contribution in [0, 0.1) is 12.3 Å². The van der Waals surface area contributed by atoms with Crippen LogP contribution >= 0.6 is 0 Å². The third-order valence-electron chi connectivity index (χ3n) is 4.54.